The van der Waals surface area contributed by atoms with E-state index in [1.54, 1.807) is 18.4 Å². The Hall–Kier alpha value is -1.90. The number of carboxylic acid groups (broad SMARTS) is 1. The lowest BCUT2D eigenvalue weighted by molar-refractivity contribution is -0.137. The molecule has 0 saturated heterocycles. The zero-order valence-corrected chi connectivity index (χ0v) is 22.4. The van der Waals surface area contributed by atoms with Crippen molar-refractivity contribution < 1.29 is 19.4 Å². The summed E-state index contributed by atoms with van der Waals surface area (Å²) in [6.45, 7) is 4.68. The van der Waals surface area contributed by atoms with Crippen molar-refractivity contribution in [1.82, 2.24) is 5.32 Å². The van der Waals surface area contributed by atoms with E-state index in [-0.39, 0.29) is 46.1 Å². The molecule has 2 N–H and O–H groups in total. The largest absolute Gasteiger partial charge is 0.497 e. The Bertz CT molecular complexity index is 1050. The number of carboxylic acids is 1. The highest BCUT2D eigenvalue weighted by Crippen LogP contribution is 2.61. The smallest absolute Gasteiger partial charge is 0.303 e. The molecule has 1 amide bonds. The molecule has 5 rings (SSSR count). The van der Waals surface area contributed by atoms with Gasteiger partial charge >= 0.3 is 5.97 Å². The number of methoxy groups -OCH3 is 1. The number of carbonyl (C=O) groups is 2. The van der Waals surface area contributed by atoms with Gasteiger partial charge < -0.3 is 15.2 Å². The zero-order valence-electron chi connectivity index (χ0n) is 19.9. The molecule has 3 aliphatic carbocycles. The maximum atomic E-state index is 13.4. The molecule has 2 aromatic rings. The van der Waals surface area contributed by atoms with E-state index < -0.39 is 5.97 Å². The van der Waals surface area contributed by atoms with Gasteiger partial charge in [0, 0.05) is 50.3 Å². The second-order valence-electron chi connectivity index (χ2n) is 9.86. The lowest BCUT2D eigenvalue weighted by Gasteiger charge is -2.62. The van der Waals surface area contributed by atoms with Crippen LogP contribution in [0.3, 0.4) is 0 Å². The van der Waals surface area contributed by atoms with E-state index in [2.05, 4.69) is 53.7 Å². The van der Waals surface area contributed by atoms with Gasteiger partial charge in [0.05, 0.1) is 12.7 Å². The Balaban J connectivity index is 0.00000253. The Morgan fingerprint density at radius 2 is 1.89 bits per heavy atom. The molecular formula is C29H45NO4S3. The maximum Gasteiger partial charge on any atom is 0.303 e. The molecule has 0 aliphatic heterocycles. The lowest BCUT2D eigenvalue weighted by atomic mass is 9.44. The third-order valence-corrected chi connectivity index (χ3v) is 8.73. The first-order chi connectivity index (χ1) is 16.3. The predicted molar refractivity (Wildman–Crippen MR) is 163 cm³/mol. The van der Waals surface area contributed by atoms with Crippen molar-refractivity contribution in [3.05, 3.63) is 41.3 Å². The van der Waals surface area contributed by atoms with Gasteiger partial charge in [-0.15, -0.1) is 11.3 Å². The summed E-state index contributed by atoms with van der Waals surface area (Å²) in [5.41, 5.74) is 0.991. The Morgan fingerprint density at radius 1 is 1.19 bits per heavy atom. The zero-order chi connectivity index (χ0) is 24.9. The highest BCUT2D eigenvalue weighted by molar-refractivity contribution is 8.07. The van der Waals surface area contributed by atoms with Crippen LogP contribution in [-0.2, 0) is 27.2 Å². The van der Waals surface area contributed by atoms with Crippen molar-refractivity contribution in [3.8, 4) is 5.75 Å². The highest BCUT2D eigenvalue weighted by atomic mass is 32.8. The van der Waals surface area contributed by atoms with E-state index in [0.717, 1.165) is 46.6 Å². The summed E-state index contributed by atoms with van der Waals surface area (Å²) in [6.07, 6.45) is 9.21. The van der Waals surface area contributed by atoms with Gasteiger partial charge in [-0.1, -0.05) is 48.3 Å². The van der Waals surface area contributed by atoms with E-state index >= 15 is 0 Å². The number of unbranched alkanes of at least 4 members (excludes halogenated alkanes) is 1. The first-order valence-corrected chi connectivity index (χ1v) is 13.9. The summed E-state index contributed by atoms with van der Waals surface area (Å²) < 4.78 is 6.45. The minimum absolute atomic E-state index is 0. The van der Waals surface area contributed by atoms with Crippen molar-refractivity contribution in [2.45, 2.75) is 80.7 Å². The highest BCUT2D eigenvalue weighted by Gasteiger charge is 2.57. The van der Waals surface area contributed by atoms with Gasteiger partial charge in [-0.05, 0) is 73.5 Å². The normalized spacial score (nSPS) is 22.7. The number of aliphatic carboxylic acids is 1. The van der Waals surface area contributed by atoms with Crippen LogP contribution in [0.25, 0.3) is 10.1 Å². The number of allylic oxidation sites excluding steroid dienone is 2. The number of carbonyl (C=O) groups excluding carboxylic acids is 1. The fraction of sp³-hybridized carbons (Fsp3) is 0.586. The van der Waals surface area contributed by atoms with Crippen LogP contribution in [0.5, 0.6) is 5.75 Å². The van der Waals surface area contributed by atoms with Crippen LogP contribution in [0.4, 0.5) is 0 Å². The SMILES string of the molecule is C.C.C.COc1ccc2scc(C(=O)N[C@H]3[C@H](C/C=C\CCCC(=O)O)C[C@H]4C[C@@H]3C4(C)C)c2c1.S=S. The average molecular weight is 568 g/mol. The van der Waals surface area contributed by atoms with E-state index in [1.807, 2.05) is 23.6 Å². The molecule has 1 heterocycles. The van der Waals surface area contributed by atoms with E-state index in [4.69, 9.17) is 9.84 Å². The molecule has 8 heteroatoms. The number of amides is 1. The third kappa shape index (κ3) is 7.80. The lowest BCUT2D eigenvalue weighted by Crippen LogP contribution is -2.63. The summed E-state index contributed by atoms with van der Waals surface area (Å²) in [7, 11) is 1.64. The molecule has 37 heavy (non-hydrogen) atoms. The van der Waals surface area contributed by atoms with Crippen molar-refractivity contribution in [3.63, 3.8) is 0 Å². The van der Waals surface area contributed by atoms with Crippen molar-refractivity contribution in [2.75, 3.05) is 7.11 Å². The molecule has 3 aliphatic rings. The van der Waals surface area contributed by atoms with Crippen LogP contribution in [0.15, 0.2) is 35.7 Å². The van der Waals surface area contributed by atoms with Crippen molar-refractivity contribution in [1.29, 1.82) is 0 Å². The molecular weight excluding hydrogens is 523 g/mol. The number of ether oxygens (including phenoxy) is 1. The molecule has 0 unspecified atom stereocenters. The predicted octanol–water partition coefficient (Wildman–Crippen LogP) is 7.80. The van der Waals surface area contributed by atoms with Crippen molar-refractivity contribution in [2.24, 2.45) is 23.2 Å². The van der Waals surface area contributed by atoms with Gasteiger partial charge in [-0.3, -0.25) is 9.59 Å². The molecule has 3 fully saturated rings. The Kier molecular flexibility index (Phi) is 14.7. The fourth-order valence-corrected chi connectivity index (χ4v) is 6.59. The summed E-state index contributed by atoms with van der Waals surface area (Å²) in [6, 6.07) is 6.04. The maximum absolute atomic E-state index is 13.4. The monoisotopic (exact) mass is 567 g/mol. The standard InChI is InChI=1S/C26H33NO4S.3CH4.S2/c1-26(2)17-12-16(8-6-4-5-7-9-23(28)29)24(21(26)13-17)27-25(30)20-15-32-22-11-10-18(31-3)14-19(20)22;;;;1-2/h4,6,10-11,14-17,21,24H,5,7-9,12-13H2,1-3H3,(H,27,30)(H,28,29);3*1H4;/b6-4-;;;;/t16-,17+,21+,24+;;;;/m1..../s1. The van der Waals surface area contributed by atoms with Gasteiger partial charge in [-0.2, -0.15) is 0 Å². The number of fused-ring (bicyclic) bond motifs is 3. The van der Waals surface area contributed by atoms with Crippen LogP contribution in [0, 0.1) is 23.2 Å². The number of rotatable bonds is 9. The summed E-state index contributed by atoms with van der Waals surface area (Å²) >= 11 is 8.92. The fourth-order valence-electron chi connectivity index (χ4n) is 5.67. The average Bonchev–Trinajstić information content (AvgIpc) is 3.26. The third-order valence-electron chi connectivity index (χ3n) is 7.76. The van der Waals surface area contributed by atoms with E-state index in [1.165, 1.54) is 6.42 Å². The summed E-state index contributed by atoms with van der Waals surface area (Å²) in [5, 5.41) is 15.1. The van der Waals surface area contributed by atoms with Crippen LogP contribution >= 0.6 is 11.3 Å². The summed E-state index contributed by atoms with van der Waals surface area (Å²) in [4.78, 5) is 24.0. The van der Waals surface area contributed by atoms with Crippen LogP contribution in [-0.4, -0.2) is 30.1 Å². The first-order valence-electron chi connectivity index (χ1n) is 11.7. The van der Waals surface area contributed by atoms with Gasteiger partial charge in [0.15, 0.2) is 0 Å². The van der Waals surface area contributed by atoms with Crippen molar-refractivity contribution >= 4 is 55.7 Å². The van der Waals surface area contributed by atoms with E-state index in [9.17, 15) is 9.59 Å². The first kappa shape index (κ1) is 35.1. The van der Waals surface area contributed by atoms with Crippen LogP contribution < -0.4 is 10.1 Å². The van der Waals surface area contributed by atoms with Crippen LogP contribution in [0.1, 0.15) is 85.0 Å². The minimum atomic E-state index is -0.741. The number of benzene rings is 1. The van der Waals surface area contributed by atoms with Gasteiger partial charge in [-0.25, -0.2) is 0 Å². The molecule has 1 aromatic heterocycles. The molecule has 3 saturated carbocycles. The number of hydrogen-bond acceptors (Lipinski definition) is 6. The molecule has 5 nitrogen and oxygen atoms in total. The number of hydrogen-bond donors (Lipinski definition) is 2. The molecule has 4 atom stereocenters. The quantitative estimate of drug-likeness (QED) is 0.238. The van der Waals surface area contributed by atoms with Crippen LogP contribution in [0.2, 0.25) is 0 Å². The molecule has 0 radical (unpaired) electrons. The second-order valence-corrected chi connectivity index (χ2v) is 10.8. The summed E-state index contributed by atoms with van der Waals surface area (Å²) in [5.74, 6) is 1.66. The number of thiophene rings is 1. The minimum Gasteiger partial charge on any atom is -0.497 e. The second kappa shape index (κ2) is 15.5. The molecule has 208 valence electrons. The van der Waals surface area contributed by atoms with Gasteiger partial charge in [0.1, 0.15) is 5.75 Å². The molecule has 2 bridgehead atoms. The molecule has 0 spiro atoms. The number of nitrogens with one attached hydrogen (secondary N) is 1. The Labute approximate surface area is 237 Å². The van der Waals surface area contributed by atoms with Gasteiger partial charge in [0.2, 0.25) is 0 Å². The van der Waals surface area contributed by atoms with Gasteiger partial charge in [0.25, 0.3) is 5.91 Å². The topological polar surface area (TPSA) is 75.6 Å². The Morgan fingerprint density at radius 3 is 2.51 bits per heavy atom. The van der Waals surface area contributed by atoms with E-state index in [0.29, 0.717) is 18.3 Å². The molecule has 1 aromatic carbocycles.